The van der Waals surface area contributed by atoms with Crippen LogP contribution in [-0.4, -0.2) is 23.4 Å². The molecule has 1 amide bonds. The van der Waals surface area contributed by atoms with Gasteiger partial charge in [-0.05, 0) is 39.0 Å². The Labute approximate surface area is 93.3 Å². The molecule has 1 aliphatic heterocycles. The minimum absolute atomic E-state index is 0.237. The average Bonchev–Trinajstić information content (AvgIpc) is 2.62. The van der Waals surface area contributed by atoms with Gasteiger partial charge in [0.05, 0.1) is 0 Å². The van der Waals surface area contributed by atoms with Crippen LogP contribution in [0.15, 0.2) is 11.6 Å². The van der Waals surface area contributed by atoms with Crippen LogP contribution in [0.3, 0.4) is 0 Å². The molecule has 0 aromatic heterocycles. The maximum atomic E-state index is 12.0. The highest BCUT2D eigenvalue weighted by molar-refractivity contribution is 5.93. The Hall–Kier alpha value is -0.790. The number of rotatable bonds is 3. The standard InChI is InChI=1S/C13H23NO/c1-5-11(4)13(15)14-8-6-7-12(14)9-10(2)3/h5,10,12H,6-9H2,1-4H3. The molecule has 0 aromatic carbocycles. The van der Waals surface area contributed by atoms with Gasteiger partial charge in [0.25, 0.3) is 0 Å². The number of likely N-dealkylation sites (tertiary alicyclic amines) is 1. The lowest BCUT2D eigenvalue weighted by Crippen LogP contribution is -2.36. The highest BCUT2D eigenvalue weighted by Gasteiger charge is 2.29. The first-order valence-electron chi connectivity index (χ1n) is 6.00. The molecule has 0 aromatic rings. The Balaban J connectivity index is 2.64. The molecule has 0 saturated carbocycles. The van der Waals surface area contributed by atoms with E-state index in [0.717, 1.165) is 18.5 Å². The molecule has 2 heteroatoms. The molecule has 1 aliphatic rings. The second-order valence-electron chi connectivity index (χ2n) is 4.90. The molecule has 1 atom stereocenters. The quantitative estimate of drug-likeness (QED) is 0.654. The van der Waals surface area contributed by atoms with Crippen molar-refractivity contribution in [2.75, 3.05) is 6.54 Å². The van der Waals surface area contributed by atoms with E-state index in [1.165, 1.54) is 12.8 Å². The SMILES string of the molecule is CC=C(C)C(=O)N1CCCC1CC(C)C. The first kappa shape index (κ1) is 12.3. The molecule has 1 rings (SSSR count). The lowest BCUT2D eigenvalue weighted by atomic mass is 10.0. The zero-order valence-corrected chi connectivity index (χ0v) is 10.4. The molecule has 2 nitrogen and oxygen atoms in total. The lowest BCUT2D eigenvalue weighted by Gasteiger charge is -2.26. The summed E-state index contributed by atoms with van der Waals surface area (Å²) in [6, 6.07) is 0.479. The predicted molar refractivity (Wildman–Crippen MR) is 63.6 cm³/mol. The number of carbonyl (C=O) groups excluding carboxylic acids is 1. The smallest absolute Gasteiger partial charge is 0.249 e. The van der Waals surface area contributed by atoms with Crippen molar-refractivity contribution in [2.24, 2.45) is 5.92 Å². The van der Waals surface area contributed by atoms with Gasteiger partial charge in [-0.25, -0.2) is 0 Å². The number of hydrogen-bond acceptors (Lipinski definition) is 1. The molecule has 0 spiro atoms. The summed E-state index contributed by atoms with van der Waals surface area (Å²) in [7, 11) is 0. The van der Waals surface area contributed by atoms with Crippen LogP contribution in [0, 0.1) is 5.92 Å². The summed E-state index contributed by atoms with van der Waals surface area (Å²) in [6.45, 7) is 9.24. The Kier molecular flexibility index (Phi) is 4.37. The van der Waals surface area contributed by atoms with Crippen LogP contribution in [0.2, 0.25) is 0 Å². The highest BCUT2D eigenvalue weighted by atomic mass is 16.2. The number of allylic oxidation sites excluding steroid dienone is 1. The van der Waals surface area contributed by atoms with E-state index in [0.29, 0.717) is 12.0 Å². The number of nitrogens with zero attached hydrogens (tertiary/aromatic N) is 1. The van der Waals surface area contributed by atoms with E-state index in [-0.39, 0.29) is 5.91 Å². The number of carbonyl (C=O) groups is 1. The molecular weight excluding hydrogens is 186 g/mol. The van der Waals surface area contributed by atoms with Crippen molar-refractivity contribution >= 4 is 5.91 Å². The Morgan fingerprint density at radius 3 is 2.73 bits per heavy atom. The molecule has 1 heterocycles. The summed E-state index contributed by atoms with van der Waals surface area (Å²) in [6.07, 6.45) is 5.40. The third kappa shape index (κ3) is 3.08. The molecule has 86 valence electrons. The van der Waals surface area contributed by atoms with Gasteiger partial charge in [0.2, 0.25) is 5.91 Å². The van der Waals surface area contributed by atoms with Crippen molar-refractivity contribution in [1.82, 2.24) is 4.90 Å². The minimum Gasteiger partial charge on any atom is -0.336 e. The number of amides is 1. The zero-order chi connectivity index (χ0) is 11.4. The molecule has 0 aliphatic carbocycles. The molecule has 0 N–H and O–H groups in total. The molecule has 0 radical (unpaired) electrons. The van der Waals surface area contributed by atoms with E-state index in [2.05, 4.69) is 18.7 Å². The third-order valence-electron chi connectivity index (χ3n) is 3.15. The van der Waals surface area contributed by atoms with Crippen molar-refractivity contribution in [3.05, 3.63) is 11.6 Å². The van der Waals surface area contributed by atoms with Gasteiger partial charge in [-0.3, -0.25) is 4.79 Å². The summed E-state index contributed by atoms with van der Waals surface area (Å²) >= 11 is 0. The molecule has 1 fully saturated rings. The third-order valence-corrected chi connectivity index (χ3v) is 3.15. The van der Waals surface area contributed by atoms with Gasteiger partial charge in [0, 0.05) is 18.2 Å². The maximum absolute atomic E-state index is 12.0. The Morgan fingerprint density at radius 1 is 1.53 bits per heavy atom. The first-order valence-corrected chi connectivity index (χ1v) is 6.00. The fourth-order valence-electron chi connectivity index (χ4n) is 2.24. The molecule has 1 saturated heterocycles. The summed E-state index contributed by atoms with van der Waals surface area (Å²) in [5, 5.41) is 0. The molecule has 1 unspecified atom stereocenters. The van der Waals surface area contributed by atoms with Gasteiger partial charge in [0.15, 0.2) is 0 Å². The van der Waals surface area contributed by atoms with E-state index in [1.54, 1.807) is 0 Å². The second-order valence-corrected chi connectivity index (χ2v) is 4.90. The summed E-state index contributed by atoms with van der Waals surface area (Å²) < 4.78 is 0. The van der Waals surface area contributed by atoms with Crippen molar-refractivity contribution < 1.29 is 4.79 Å². The Bertz CT molecular complexity index is 255. The van der Waals surface area contributed by atoms with Crippen LogP contribution in [-0.2, 0) is 4.79 Å². The highest BCUT2D eigenvalue weighted by Crippen LogP contribution is 2.24. The number of hydrogen-bond donors (Lipinski definition) is 0. The minimum atomic E-state index is 0.237. The van der Waals surface area contributed by atoms with Crippen molar-refractivity contribution in [1.29, 1.82) is 0 Å². The maximum Gasteiger partial charge on any atom is 0.249 e. The molecule has 15 heavy (non-hydrogen) atoms. The monoisotopic (exact) mass is 209 g/mol. The van der Waals surface area contributed by atoms with Gasteiger partial charge < -0.3 is 4.90 Å². The van der Waals surface area contributed by atoms with Gasteiger partial charge in [-0.1, -0.05) is 19.9 Å². The van der Waals surface area contributed by atoms with Crippen LogP contribution >= 0.6 is 0 Å². The zero-order valence-electron chi connectivity index (χ0n) is 10.4. The van der Waals surface area contributed by atoms with Crippen LogP contribution in [0.25, 0.3) is 0 Å². The normalized spacial score (nSPS) is 22.6. The van der Waals surface area contributed by atoms with Crippen molar-refractivity contribution in [3.8, 4) is 0 Å². The van der Waals surface area contributed by atoms with Gasteiger partial charge >= 0.3 is 0 Å². The summed E-state index contributed by atoms with van der Waals surface area (Å²) in [5.41, 5.74) is 0.880. The first-order chi connectivity index (χ1) is 7.06. The van der Waals surface area contributed by atoms with Gasteiger partial charge in [-0.2, -0.15) is 0 Å². The Morgan fingerprint density at radius 2 is 2.20 bits per heavy atom. The van der Waals surface area contributed by atoms with Crippen molar-refractivity contribution in [3.63, 3.8) is 0 Å². The lowest BCUT2D eigenvalue weighted by molar-refractivity contribution is -0.128. The predicted octanol–water partition coefficient (Wildman–Crippen LogP) is 2.99. The van der Waals surface area contributed by atoms with Crippen LogP contribution < -0.4 is 0 Å². The average molecular weight is 209 g/mol. The molecule has 0 bridgehead atoms. The fourth-order valence-corrected chi connectivity index (χ4v) is 2.24. The molecular formula is C13H23NO. The van der Waals surface area contributed by atoms with E-state index in [4.69, 9.17) is 0 Å². The van der Waals surface area contributed by atoms with Crippen molar-refractivity contribution in [2.45, 2.75) is 53.0 Å². The summed E-state index contributed by atoms with van der Waals surface area (Å²) in [4.78, 5) is 14.1. The van der Waals surface area contributed by atoms with Crippen LogP contribution in [0.1, 0.15) is 47.0 Å². The van der Waals surface area contributed by atoms with Crippen LogP contribution in [0.5, 0.6) is 0 Å². The van der Waals surface area contributed by atoms with Crippen LogP contribution in [0.4, 0.5) is 0 Å². The largest absolute Gasteiger partial charge is 0.336 e. The van der Waals surface area contributed by atoms with Gasteiger partial charge in [0.1, 0.15) is 0 Å². The van der Waals surface area contributed by atoms with E-state index in [9.17, 15) is 4.79 Å². The van der Waals surface area contributed by atoms with E-state index < -0.39 is 0 Å². The van der Waals surface area contributed by atoms with E-state index in [1.807, 2.05) is 19.9 Å². The van der Waals surface area contributed by atoms with Gasteiger partial charge in [-0.15, -0.1) is 0 Å². The summed E-state index contributed by atoms with van der Waals surface area (Å²) in [5.74, 6) is 0.912. The topological polar surface area (TPSA) is 20.3 Å². The second kappa shape index (κ2) is 5.34. The fraction of sp³-hybridized carbons (Fsp3) is 0.769. The van der Waals surface area contributed by atoms with E-state index >= 15 is 0 Å².